The number of aromatic nitrogens is 2. The third-order valence-corrected chi connectivity index (χ3v) is 11.8. The van der Waals surface area contributed by atoms with Gasteiger partial charge in [-0.25, -0.2) is 4.85 Å². The Labute approximate surface area is 337 Å². The van der Waals surface area contributed by atoms with Gasteiger partial charge in [-0.2, -0.15) is 18.4 Å². The molecule has 12 rings (SSSR count). The molecule has 0 bridgehead atoms. The molecule has 0 fully saturated rings. The van der Waals surface area contributed by atoms with Crippen LogP contribution in [0, 0.1) is 17.9 Å². The Kier molecular flexibility index (Phi) is 6.84. The van der Waals surface area contributed by atoms with E-state index in [0.717, 1.165) is 60.2 Å². The lowest BCUT2D eigenvalue weighted by Gasteiger charge is -2.23. The summed E-state index contributed by atoms with van der Waals surface area (Å²) in [5, 5.41) is 18.5. The first-order chi connectivity index (χ1) is 29.4. The zero-order chi connectivity index (χ0) is 40.4. The lowest BCUT2D eigenvalue weighted by molar-refractivity contribution is -0.137. The van der Waals surface area contributed by atoms with Crippen LogP contribution in [0.3, 0.4) is 0 Å². The summed E-state index contributed by atoms with van der Waals surface area (Å²) in [5.41, 5.74) is 4.87. The Morgan fingerprint density at radius 3 is 1.63 bits per heavy atom. The standard InChI is InChI=1S/C51H25F3N4O2/c1-56-37-16-10-15-36(51(52,53)54)45(37)34-21-24-40(57-38-17-6-2-11-28(38)30-22-25-43-46(49(30)57)32-13-4-8-19-41(32)59-43)35(27-55)48(34)58-39-18-7-3-12-29(39)31-23-26-44-47(50(31)58)33-14-5-9-20-42(33)60-44/h2-26H. The Morgan fingerprint density at radius 2 is 1.07 bits per heavy atom. The molecule has 8 aromatic carbocycles. The van der Waals surface area contributed by atoms with Gasteiger partial charge in [0.25, 0.3) is 0 Å². The summed E-state index contributed by atoms with van der Waals surface area (Å²) in [4.78, 5) is 3.64. The molecule has 4 aromatic heterocycles. The van der Waals surface area contributed by atoms with Crippen molar-refractivity contribution in [1.82, 2.24) is 9.13 Å². The van der Waals surface area contributed by atoms with Crippen LogP contribution < -0.4 is 0 Å². The first-order valence-corrected chi connectivity index (χ1v) is 19.2. The molecule has 0 aliphatic rings. The summed E-state index contributed by atoms with van der Waals surface area (Å²) < 4.78 is 62.4. The van der Waals surface area contributed by atoms with E-state index in [1.165, 1.54) is 12.1 Å². The van der Waals surface area contributed by atoms with Gasteiger partial charge in [-0.05, 0) is 60.2 Å². The molecule has 4 heterocycles. The van der Waals surface area contributed by atoms with Crippen LogP contribution in [0.4, 0.5) is 18.9 Å². The SMILES string of the molecule is [C-]#[N+]c1cccc(C(F)(F)F)c1-c1ccc(-n2c3ccccc3c3ccc4oc5ccccc5c4c32)c(C#N)c1-n1c2ccccc2c2ccc3oc4ccccc4c3c21. The topological polar surface area (TPSA) is 64.3 Å². The predicted molar refractivity (Wildman–Crippen MR) is 231 cm³/mol. The number of para-hydroxylation sites is 4. The quantitative estimate of drug-likeness (QED) is 0.168. The average Bonchev–Trinajstić information content (AvgIpc) is 4.02. The number of hydrogen-bond acceptors (Lipinski definition) is 3. The minimum absolute atomic E-state index is 0.0846. The van der Waals surface area contributed by atoms with Crippen molar-refractivity contribution in [2.24, 2.45) is 0 Å². The molecule has 60 heavy (non-hydrogen) atoms. The molecule has 0 unspecified atom stereocenters. The minimum atomic E-state index is -4.82. The van der Waals surface area contributed by atoms with E-state index in [-0.39, 0.29) is 28.1 Å². The summed E-state index contributed by atoms with van der Waals surface area (Å²) in [6.07, 6.45) is -4.82. The highest BCUT2D eigenvalue weighted by Gasteiger charge is 2.37. The molecule has 0 amide bonds. The summed E-state index contributed by atoms with van der Waals surface area (Å²) in [7, 11) is 0. The molecule has 0 saturated heterocycles. The van der Waals surface area contributed by atoms with Crippen molar-refractivity contribution in [2.45, 2.75) is 6.18 Å². The van der Waals surface area contributed by atoms with Crippen molar-refractivity contribution in [2.75, 3.05) is 0 Å². The number of halogens is 3. The maximum atomic E-state index is 15.3. The molecular weight excluding hydrogens is 758 g/mol. The van der Waals surface area contributed by atoms with Crippen LogP contribution in [0.15, 0.2) is 160 Å². The molecule has 0 saturated carbocycles. The molecule has 0 N–H and O–H groups in total. The largest absolute Gasteiger partial charge is 0.456 e. The van der Waals surface area contributed by atoms with Crippen molar-refractivity contribution in [1.29, 1.82) is 5.26 Å². The van der Waals surface area contributed by atoms with Crippen molar-refractivity contribution >= 4 is 93.2 Å². The van der Waals surface area contributed by atoms with Crippen molar-refractivity contribution in [3.63, 3.8) is 0 Å². The average molecular weight is 783 g/mol. The minimum Gasteiger partial charge on any atom is -0.456 e. The molecule has 0 spiro atoms. The van der Waals surface area contributed by atoms with Gasteiger partial charge in [0.1, 0.15) is 34.0 Å². The second kappa shape index (κ2) is 12.1. The second-order valence-corrected chi connectivity index (χ2v) is 14.8. The highest BCUT2D eigenvalue weighted by Crippen LogP contribution is 2.50. The number of nitrogens with zero attached hydrogens (tertiary/aromatic N) is 4. The summed E-state index contributed by atoms with van der Waals surface area (Å²) in [5.74, 6) is 0. The molecule has 9 heteroatoms. The molecule has 0 atom stereocenters. The maximum Gasteiger partial charge on any atom is 0.415 e. The normalized spacial score (nSPS) is 12.2. The van der Waals surface area contributed by atoms with E-state index in [2.05, 4.69) is 10.9 Å². The van der Waals surface area contributed by atoms with Gasteiger partial charge < -0.3 is 18.0 Å². The Balaban J connectivity index is 1.34. The molecule has 12 aromatic rings. The number of rotatable bonds is 3. The van der Waals surface area contributed by atoms with E-state index >= 15 is 13.2 Å². The lowest BCUT2D eigenvalue weighted by atomic mass is 9.92. The van der Waals surface area contributed by atoms with Crippen molar-refractivity contribution < 1.29 is 22.0 Å². The van der Waals surface area contributed by atoms with Gasteiger partial charge in [0.2, 0.25) is 0 Å². The highest BCUT2D eigenvalue weighted by molar-refractivity contribution is 6.26. The third kappa shape index (κ3) is 4.46. The van der Waals surface area contributed by atoms with Gasteiger partial charge in [0.05, 0.1) is 56.3 Å². The molecular formula is C51H25F3N4O2. The smallest absolute Gasteiger partial charge is 0.415 e. The van der Waals surface area contributed by atoms with E-state index < -0.39 is 11.7 Å². The fraction of sp³-hybridized carbons (Fsp3) is 0.0196. The van der Waals surface area contributed by atoms with Gasteiger partial charge >= 0.3 is 6.18 Å². The van der Waals surface area contributed by atoms with Gasteiger partial charge in [0.15, 0.2) is 5.69 Å². The van der Waals surface area contributed by atoms with Crippen molar-refractivity contribution in [3.05, 3.63) is 174 Å². The Bertz CT molecular complexity index is 3920. The van der Waals surface area contributed by atoms with E-state index in [9.17, 15) is 5.26 Å². The number of fused-ring (bicyclic) bond motifs is 14. The fourth-order valence-corrected chi connectivity index (χ4v) is 9.48. The first kappa shape index (κ1) is 33.8. The second-order valence-electron chi connectivity index (χ2n) is 14.8. The van der Waals surface area contributed by atoms with E-state index in [0.29, 0.717) is 39.1 Å². The van der Waals surface area contributed by atoms with E-state index in [1.807, 2.05) is 130 Å². The predicted octanol–water partition coefficient (Wildman–Crippen LogP) is 14.8. The zero-order valence-corrected chi connectivity index (χ0v) is 31.2. The van der Waals surface area contributed by atoms with Gasteiger partial charge in [-0.3, -0.25) is 0 Å². The van der Waals surface area contributed by atoms with Gasteiger partial charge in [0, 0.05) is 37.9 Å². The molecule has 0 aliphatic carbocycles. The van der Waals surface area contributed by atoms with Crippen LogP contribution >= 0.6 is 0 Å². The van der Waals surface area contributed by atoms with Crippen LogP contribution in [0.5, 0.6) is 0 Å². The molecule has 6 nitrogen and oxygen atoms in total. The molecule has 0 aliphatic heterocycles. The van der Waals surface area contributed by atoms with Gasteiger partial charge in [-0.1, -0.05) is 97.1 Å². The molecule has 0 radical (unpaired) electrons. The molecule has 282 valence electrons. The number of nitriles is 1. The fourth-order valence-electron chi connectivity index (χ4n) is 9.48. The van der Waals surface area contributed by atoms with Crippen LogP contribution in [-0.4, -0.2) is 9.13 Å². The third-order valence-electron chi connectivity index (χ3n) is 11.8. The first-order valence-electron chi connectivity index (χ1n) is 19.2. The van der Waals surface area contributed by atoms with Crippen LogP contribution in [0.25, 0.3) is 115 Å². The van der Waals surface area contributed by atoms with E-state index in [4.69, 9.17) is 15.4 Å². The van der Waals surface area contributed by atoms with E-state index in [1.54, 1.807) is 12.1 Å². The summed E-state index contributed by atoms with van der Waals surface area (Å²) >= 11 is 0. The zero-order valence-electron chi connectivity index (χ0n) is 31.2. The number of benzene rings is 8. The maximum absolute atomic E-state index is 15.3. The monoisotopic (exact) mass is 782 g/mol. The summed E-state index contributed by atoms with van der Waals surface area (Å²) in [6.45, 7) is 8.14. The Morgan fingerprint density at radius 1 is 0.533 bits per heavy atom. The lowest BCUT2D eigenvalue weighted by Crippen LogP contribution is -2.10. The summed E-state index contributed by atoms with van der Waals surface area (Å²) in [6, 6.07) is 48.3. The van der Waals surface area contributed by atoms with Crippen LogP contribution in [0.1, 0.15) is 11.1 Å². The number of alkyl halides is 3. The van der Waals surface area contributed by atoms with Crippen LogP contribution in [-0.2, 0) is 6.18 Å². The van der Waals surface area contributed by atoms with Crippen LogP contribution in [0.2, 0.25) is 0 Å². The Hall–Kier alpha value is -8.27. The number of hydrogen-bond donors (Lipinski definition) is 0. The van der Waals surface area contributed by atoms with Gasteiger partial charge in [-0.15, -0.1) is 0 Å². The van der Waals surface area contributed by atoms with Crippen molar-refractivity contribution in [3.8, 4) is 28.6 Å². The highest BCUT2D eigenvalue weighted by atomic mass is 19.4. The number of furan rings is 2.